The van der Waals surface area contributed by atoms with Gasteiger partial charge in [0.25, 0.3) is 0 Å². The molecule has 0 aliphatic carbocycles. The number of nitrogens with one attached hydrogen (secondary N) is 1. The van der Waals surface area contributed by atoms with Crippen molar-refractivity contribution in [1.82, 2.24) is 5.32 Å². The molecular weight excluding hydrogens is 322 g/mol. The smallest absolute Gasteiger partial charge is 0.408 e. The van der Waals surface area contributed by atoms with Crippen molar-refractivity contribution in [2.45, 2.75) is 65.5 Å². The van der Waals surface area contributed by atoms with Gasteiger partial charge in [-0.1, -0.05) is 13.8 Å². The lowest BCUT2D eigenvalue weighted by Crippen LogP contribution is -2.44. The van der Waals surface area contributed by atoms with Gasteiger partial charge in [-0.05, 0) is 33.1 Å². The van der Waals surface area contributed by atoms with Crippen LogP contribution in [0.15, 0.2) is 0 Å². The lowest BCUT2D eigenvalue weighted by atomic mass is 10.0. The summed E-state index contributed by atoms with van der Waals surface area (Å²) >= 11 is 0. The number of hydrogen-bond acceptors (Lipinski definition) is 5. The normalized spacial score (nSPS) is 11.8. The summed E-state index contributed by atoms with van der Waals surface area (Å²) in [5.41, 5.74) is -0.620. The van der Waals surface area contributed by atoms with Crippen LogP contribution in [0.4, 0.5) is 4.79 Å². The zero-order valence-electron chi connectivity index (χ0n) is 14.7. The zero-order valence-corrected chi connectivity index (χ0v) is 14.7. The molecule has 0 radical (unpaired) electrons. The number of carbonyl (C=O) groups is 4. The molecule has 0 bridgehead atoms. The lowest BCUT2D eigenvalue weighted by Gasteiger charge is -2.22. The maximum atomic E-state index is 11.4. The summed E-state index contributed by atoms with van der Waals surface area (Å²) in [5, 5.41) is 27.0. The average Bonchev–Trinajstić information content (AvgIpc) is 2.33. The van der Waals surface area contributed by atoms with Crippen molar-refractivity contribution in [1.29, 1.82) is 0 Å². The molecule has 0 saturated heterocycles. The quantitative estimate of drug-likeness (QED) is 0.544. The summed E-state index contributed by atoms with van der Waals surface area (Å²) in [5.74, 6) is -3.00. The summed E-state index contributed by atoms with van der Waals surface area (Å²) < 4.78 is 4.99. The monoisotopic (exact) mass is 349 g/mol. The molecule has 1 atom stereocenters. The Morgan fingerprint density at radius 3 is 1.62 bits per heavy atom. The highest BCUT2D eigenvalue weighted by Gasteiger charge is 2.24. The van der Waals surface area contributed by atoms with E-state index in [2.05, 4.69) is 5.32 Å². The molecule has 0 aromatic heterocycles. The molecule has 0 aromatic carbocycles. The van der Waals surface area contributed by atoms with Crippen LogP contribution < -0.4 is 5.32 Å². The van der Waals surface area contributed by atoms with Gasteiger partial charge >= 0.3 is 24.0 Å². The Labute approximate surface area is 141 Å². The highest BCUT2D eigenvalue weighted by atomic mass is 16.6. The molecule has 24 heavy (non-hydrogen) atoms. The molecule has 9 nitrogen and oxygen atoms in total. The van der Waals surface area contributed by atoms with Gasteiger partial charge in [0.2, 0.25) is 0 Å². The number of amides is 1. The van der Waals surface area contributed by atoms with Crippen LogP contribution in [0.1, 0.15) is 53.9 Å². The van der Waals surface area contributed by atoms with Crippen LogP contribution >= 0.6 is 0 Å². The number of hydrogen-bond donors (Lipinski definition) is 4. The molecule has 0 spiro atoms. The Kier molecular flexibility index (Phi) is 11.2. The van der Waals surface area contributed by atoms with Crippen molar-refractivity contribution >= 4 is 24.0 Å². The molecule has 0 aromatic rings. The number of aliphatic carboxylic acids is 3. The summed E-state index contributed by atoms with van der Waals surface area (Å²) in [4.78, 5) is 41.5. The first-order chi connectivity index (χ1) is 10.7. The van der Waals surface area contributed by atoms with E-state index in [0.717, 1.165) is 0 Å². The van der Waals surface area contributed by atoms with Crippen LogP contribution in [0.2, 0.25) is 0 Å². The summed E-state index contributed by atoms with van der Waals surface area (Å²) in [6.45, 7) is 8.97. The predicted molar refractivity (Wildman–Crippen MR) is 84.8 cm³/mol. The van der Waals surface area contributed by atoms with Gasteiger partial charge in [0.15, 0.2) is 0 Å². The van der Waals surface area contributed by atoms with E-state index in [9.17, 15) is 19.2 Å². The van der Waals surface area contributed by atoms with E-state index in [-0.39, 0.29) is 18.8 Å². The molecular formula is C15H27NO8. The third-order valence-electron chi connectivity index (χ3n) is 2.25. The molecule has 0 saturated carbocycles. The number of carboxylic acid groups (broad SMARTS) is 3. The molecule has 140 valence electrons. The van der Waals surface area contributed by atoms with Crippen LogP contribution in [0.25, 0.3) is 0 Å². The minimum Gasteiger partial charge on any atom is -0.481 e. The number of carboxylic acids is 3. The van der Waals surface area contributed by atoms with Crippen LogP contribution in [0.5, 0.6) is 0 Å². The van der Waals surface area contributed by atoms with Crippen LogP contribution in [-0.2, 0) is 19.1 Å². The molecule has 1 amide bonds. The van der Waals surface area contributed by atoms with Crippen LogP contribution in [0.3, 0.4) is 0 Å². The van der Waals surface area contributed by atoms with Crippen molar-refractivity contribution in [3.63, 3.8) is 0 Å². The SMILES string of the molecule is CC(C)CC(NC(=O)OC(C)(C)C)C(=O)O.O=C(O)CCC(=O)O. The standard InChI is InChI=1S/C11H21NO4.C4H6O4/c1-7(2)6-8(9(13)14)12-10(15)16-11(3,4)5;5-3(6)1-2-4(7)8/h7-8H,6H2,1-5H3,(H,12,15)(H,13,14);1-2H2,(H,5,6)(H,7,8). The van der Waals surface area contributed by atoms with Crippen molar-refractivity contribution in [3.05, 3.63) is 0 Å². The Morgan fingerprint density at radius 1 is 0.958 bits per heavy atom. The van der Waals surface area contributed by atoms with E-state index in [1.165, 1.54) is 0 Å². The Morgan fingerprint density at radius 2 is 1.38 bits per heavy atom. The minimum atomic E-state index is -1.08. The fourth-order valence-electron chi connectivity index (χ4n) is 1.36. The molecule has 0 rings (SSSR count). The maximum Gasteiger partial charge on any atom is 0.408 e. The average molecular weight is 349 g/mol. The molecule has 0 heterocycles. The summed E-state index contributed by atoms with van der Waals surface area (Å²) in [6, 6.07) is -0.894. The molecule has 9 heteroatoms. The van der Waals surface area contributed by atoms with Gasteiger partial charge in [0, 0.05) is 0 Å². The van der Waals surface area contributed by atoms with E-state index in [0.29, 0.717) is 6.42 Å². The molecule has 4 N–H and O–H groups in total. The van der Waals surface area contributed by atoms with Gasteiger partial charge in [0.05, 0.1) is 12.8 Å². The molecule has 0 aliphatic heterocycles. The first-order valence-corrected chi connectivity index (χ1v) is 7.40. The fraction of sp³-hybridized carbons (Fsp3) is 0.733. The Hall–Kier alpha value is -2.32. The number of alkyl carbamates (subject to hydrolysis) is 1. The predicted octanol–water partition coefficient (Wildman–Crippen LogP) is 1.95. The lowest BCUT2D eigenvalue weighted by molar-refractivity contribution is -0.143. The minimum absolute atomic E-state index is 0.191. The fourth-order valence-corrected chi connectivity index (χ4v) is 1.36. The Bertz CT molecular complexity index is 425. The number of ether oxygens (including phenoxy) is 1. The largest absolute Gasteiger partial charge is 0.481 e. The van der Waals surface area contributed by atoms with E-state index >= 15 is 0 Å². The van der Waals surface area contributed by atoms with Gasteiger partial charge in [0.1, 0.15) is 11.6 Å². The van der Waals surface area contributed by atoms with Crippen LogP contribution in [0, 0.1) is 5.92 Å². The zero-order chi connectivity index (χ0) is 19.5. The van der Waals surface area contributed by atoms with Gasteiger partial charge < -0.3 is 25.4 Å². The Balaban J connectivity index is 0. The molecule has 0 fully saturated rings. The topological polar surface area (TPSA) is 150 Å². The third-order valence-corrected chi connectivity index (χ3v) is 2.25. The van der Waals surface area contributed by atoms with Crippen molar-refractivity contribution in [2.24, 2.45) is 5.92 Å². The van der Waals surface area contributed by atoms with E-state index in [4.69, 9.17) is 20.1 Å². The first kappa shape index (κ1) is 23.9. The first-order valence-electron chi connectivity index (χ1n) is 7.40. The second kappa shape index (κ2) is 11.3. The van der Waals surface area contributed by atoms with E-state index in [1.807, 2.05) is 13.8 Å². The highest BCUT2D eigenvalue weighted by Crippen LogP contribution is 2.09. The second-order valence-corrected chi connectivity index (χ2v) is 6.45. The van der Waals surface area contributed by atoms with Gasteiger partial charge in [-0.25, -0.2) is 9.59 Å². The summed E-state index contributed by atoms with van der Waals surface area (Å²) in [6.07, 6.45) is -0.903. The number of carbonyl (C=O) groups excluding carboxylic acids is 1. The van der Waals surface area contributed by atoms with Crippen LogP contribution in [-0.4, -0.2) is 51.0 Å². The van der Waals surface area contributed by atoms with E-state index < -0.39 is 35.6 Å². The third kappa shape index (κ3) is 17.7. The van der Waals surface area contributed by atoms with Crippen molar-refractivity contribution in [3.8, 4) is 0 Å². The maximum absolute atomic E-state index is 11.4. The van der Waals surface area contributed by atoms with Crippen molar-refractivity contribution < 1.29 is 39.2 Å². The summed E-state index contributed by atoms with van der Waals surface area (Å²) in [7, 11) is 0. The van der Waals surface area contributed by atoms with Gasteiger partial charge in [-0.3, -0.25) is 9.59 Å². The highest BCUT2D eigenvalue weighted by molar-refractivity contribution is 5.80. The number of rotatable bonds is 7. The van der Waals surface area contributed by atoms with E-state index in [1.54, 1.807) is 20.8 Å². The van der Waals surface area contributed by atoms with Gasteiger partial charge in [-0.15, -0.1) is 0 Å². The molecule has 1 unspecified atom stereocenters. The van der Waals surface area contributed by atoms with Gasteiger partial charge in [-0.2, -0.15) is 0 Å². The second-order valence-electron chi connectivity index (χ2n) is 6.45. The molecule has 0 aliphatic rings. The van der Waals surface area contributed by atoms with Crippen molar-refractivity contribution in [2.75, 3.05) is 0 Å².